The zero-order chi connectivity index (χ0) is 17.7. The summed E-state index contributed by atoms with van der Waals surface area (Å²) in [5.74, 6) is -0.485. The maximum Gasteiger partial charge on any atom is 0.387 e. The summed E-state index contributed by atoms with van der Waals surface area (Å²) in [6, 6.07) is 5.18. The number of halogens is 2. The number of carbonyl (C=O) groups is 2. The van der Waals surface area contributed by atoms with E-state index in [1.165, 1.54) is 18.2 Å². The molecule has 132 valence electrons. The fourth-order valence-electron chi connectivity index (χ4n) is 2.80. The Morgan fingerprint density at radius 1 is 1.38 bits per heavy atom. The van der Waals surface area contributed by atoms with Crippen molar-refractivity contribution in [2.75, 3.05) is 20.1 Å². The fraction of sp³-hybridized carbons (Fsp3) is 0.529. The fourth-order valence-corrected chi connectivity index (χ4v) is 2.80. The lowest BCUT2D eigenvalue weighted by atomic mass is 10.0. The van der Waals surface area contributed by atoms with Crippen molar-refractivity contribution >= 4 is 11.8 Å². The van der Waals surface area contributed by atoms with Crippen LogP contribution in [-0.4, -0.2) is 54.4 Å². The Labute approximate surface area is 140 Å². The predicted molar refractivity (Wildman–Crippen MR) is 85.1 cm³/mol. The molecule has 1 aliphatic heterocycles. The largest absolute Gasteiger partial charge is 0.435 e. The van der Waals surface area contributed by atoms with Crippen LogP contribution in [0.3, 0.4) is 0 Å². The van der Waals surface area contributed by atoms with Crippen LogP contribution in [0.4, 0.5) is 8.78 Å². The van der Waals surface area contributed by atoms with Crippen molar-refractivity contribution in [1.29, 1.82) is 0 Å². The summed E-state index contributed by atoms with van der Waals surface area (Å²) < 4.78 is 29.0. The van der Waals surface area contributed by atoms with Gasteiger partial charge in [0.05, 0.1) is 0 Å². The Bertz CT molecular complexity index is 595. The predicted octanol–water partition coefficient (Wildman–Crippen LogP) is 2.76. The van der Waals surface area contributed by atoms with Crippen LogP contribution in [0.5, 0.6) is 5.75 Å². The molecule has 1 fully saturated rings. The molecule has 0 saturated carbocycles. The number of ether oxygens (including phenoxy) is 1. The number of piperazine rings is 1. The maximum atomic E-state index is 12.8. The highest BCUT2D eigenvalue weighted by Gasteiger charge is 2.35. The Morgan fingerprint density at radius 3 is 2.79 bits per heavy atom. The van der Waals surface area contributed by atoms with E-state index in [-0.39, 0.29) is 23.1 Å². The van der Waals surface area contributed by atoms with Gasteiger partial charge in [0.1, 0.15) is 11.8 Å². The molecule has 0 aromatic heterocycles. The van der Waals surface area contributed by atoms with Crippen molar-refractivity contribution in [2.24, 2.45) is 0 Å². The van der Waals surface area contributed by atoms with E-state index in [0.29, 0.717) is 19.5 Å². The van der Waals surface area contributed by atoms with Crippen LogP contribution >= 0.6 is 0 Å². The normalized spacial score (nSPS) is 18.2. The van der Waals surface area contributed by atoms with Crippen LogP contribution in [0.2, 0.25) is 0 Å². The topological polar surface area (TPSA) is 49.9 Å². The van der Waals surface area contributed by atoms with Crippen LogP contribution in [0.1, 0.15) is 36.5 Å². The molecule has 1 heterocycles. The van der Waals surface area contributed by atoms with Crippen LogP contribution in [0.15, 0.2) is 24.3 Å². The monoisotopic (exact) mass is 340 g/mol. The summed E-state index contributed by atoms with van der Waals surface area (Å²) in [5, 5.41) is 0. The molecule has 0 bridgehead atoms. The third-order valence-electron chi connectivity index (χ3n) is 4.11. The molecule has 2 rings (SSSR count). The number of benzene rings is 1. The summed E-state index contributed by atoms with van der Waals surface area (Å²) >= 11 is 0. The van der Waals surface area contributed by atoms with Gasteiger partial charge in [0.25, 0.3) is 5.91 Å². The van der Waals surface area contributed by atoms with Gasteiger partial charge in [-0.1, -0.05) is 25.8 Å². The van der Waals surface area contributed by atoms with Gasteiger partial charge in [-0.15, -0.1) is 0 Å². The molecule has 0 unspecified atom stereocenters. The van der Waals surface area contributed by atoms with E-state index >= 15 is 0 Å². The molecule has 0 radical (unpaired) electrons. The van der Waals surface area contributed by atoms with E-state index in [2.05, 4.69) is 4.74 Å². The lowest BCUT2D eigenvalue weighted by Crippen LogP contribution is -2.57. The first-order chi connectivity index (χ1) is 11.4. The second-order valence-electron chi connectivity index (χ2n) is 5.82. The quantitative estimate of drug-likeness (QED) is 0.800. The van der Waals surface area contributed by atoms with Crippen LogP contribution in [-0.2, 0) is 4.79 Å². The first-order valence-corrected chi connectivity index (χ1v) is 8.04. The molecule has 24 heavy (non-hydrogen) atoms. The van der Waals surface area contributed by atoms with Gasteiger partial charge in [-0.25, -0.2) is 0 Å². The third kappa shape index (κ3) is 4.21. The van der Waals surface area contributed by atoms with Crippen molar-refractivity contribution in [2.45, 2.75) is 38.8 Å². The van der Waals surface area contributed by atoms with E-state index in [4.69, 9.17) is 0 Å². The molecule has 0 aliphatic carbocycles. The number of amides is 2. The summed E-state index contributed by atoms with van der Waals surface area (Å²) in [6.45, 7) is -0.0395. The maximum absolute atomic E-state index is 12.8. The van der Waals surface area contributed by atoms with Crippen molar-refractivity contribution in [1.82, 2.24) is 9.80 Å². The van der Waals surface area contributed by atoms with Gasteiger partial charge >= 0.3 is 6.61 Å². The number of hydrogen-bond acceptors (Lipinski definition) is 3. The minimum absolute atomic E-state index is 0.0681. The van der Waals surface area contributed by atoms with E-state index < -0.39 is 12.7 Å². The summed E-state index contributed by atoms with van der Waals surface area (Å²) in [6.07, 6.45) is 2.36. The molecular formula is C17H22F2N2O3. The van der Waals surface area contributed by atoms with Gasteiger partial charge in [0.2, 0.25) is 5.91 Å². The zero-order valence-electron chi connectivity index (χ0n) is 13.9. The average Bonchev–Trinajstić information content (AvgIpc) is 2.55. The lowest BCUT2D eigenvalue weighted by Gasteiger charge is -2.39. The number of carbonyl (C=O) groups excluding carboxylic acids is 2. The Hall–Kier alpha value is -2.18. The second-order valence-corrected chi connectivity index (χ2v) is 5.82. The van der Waals surface area contributed by atoms with Crippen molar-refractivity contribution < 1.29 is 23.1 Å². The standard InChI is InChI=1S/C17H22F2N2O3/c1-3-4-8-14-16(23)20(2)9-10-21(14)15(22)12-6-5-7-13(11-12)24-17(18)19/h5-7,11,14,17H,3-4,8-10H2,1-2H3/t14-/m1/s1. The SMILES string of the molecule is CCCC[C@@H]1C(=O)N(C)CCN1C(=O)c1cccc(OC(F)F)c1. The van der Waals surface area contributed by atoms with Crippen LogP contribution < -0.4 is 4.74 Å². The molecule has 1 aliphatic rings. The van der Waals surface area contributed by atoms with Gasteiger partial charge in [-0.3, -0.25) is 9.59 Å². The number of hydrogen-bond donors (Lipinski definition) is 0. The number of nitrogens with zero attached hydrogens (tertiary/aromatic N) is 2. The summed E-state index contributed by atoms with van der Waals surface area (Å²) in [7, 11) is 1.72. The van der Waals surface area contributed by atoms with Gasteiger partial charge in [-0.2, -0.15) is 8.78 Å². The van der Waals surface area contributed by atoms with Crippen molar-refractivity contribution in [3.05, 3.63) is 29.8 Å². The number of alkyl halides is 2. The molecule has 2 amide bonds. The zero-order valence-corrected chi connectivity index (χ0v) is 13.9. The van der Waals surface area contributed by atoms with Gasteiger partial charge in [-0.05, 0) is 24.6 Å². The van der Waals surface area contributed by atoms with Crippen LogP contribution in [0, 0.1) is 0 Å². The number of unbranched alkanes of at least 4 members (excludes halogenated alkanes) is 1. The third-order valence-corrected chi connectivity index (χ3v) is 4.11. The Balaban J connectivity index is 2.21. The minimum atomic E-state index is -2.95. The first-order valence-electron chi connectivity index (χ1n) is 8.04. The molecule has 1 aromatic rings. The molecule has 0 N–H and O–H groups in total. The molecule has 1 atom stereocenters. The minimum Gasteiger partial charge on any atom is -0.435 e. The molecule has 1 aromatic carbocycles. The summed E-state index contributed by atoms with van der Waals surface area (Å²) in [5.41, 5.74) is 0.243. The molecule has 0 spiro atoms. The Morgan fingerprint density at radius 2 is 2.12 bits per heavy atom. The van der Waals surface area contributed by atoms with Gasteiger partial charge < -0.3 is 14.5 Å². The number of likely N-dealkylation sites (N-methyl/N-ethyl adjacent to an activating group) is 1. The van der Waals surface area contributed by atoms with E-state index in [1.807, 2.05) is 6.92 Å². The van der Waals surface area contributed by atoms with Gasteiger partial charge in [0.15, 0.2) is 0 Å². The Kier molecular flexibility index (Phi) is 6.11. The van der Waals surface area contributed by atoms with Crippen LogP contribution in [0.25, 0.3) is 0 Å². The van der Waals surface area contributed by atoms with Gasteiger partial charge in [0, 0.05) is 25.7 Å². The average molecular weight is 340 g/mol. The second kappa shape index (κ2) is 8.08. The molecular weight excluding hydrogens is 318 g/mol. The summed E-state index contributed by atoms with van der Waals surface area (Å²) in [4.78, 5) is 28.3. The molecule has 7 heteroatoms. The first kappa shape index (κ1) is 18.2. The highest BCUT2D eigenvalue weighted by molar-refractivity contribution is 5.98. The smallest absolute Gasteiger partial charge is 0.387 e. The van der Waals surface area contributed by atoms with Crippen molar-refractivity contribution in [3.8, 4) is 5.75 Å². The lowest BCUT2D eigenvalue weighted by molar-refractivity contribution is -0.138. The van der Waals surface area contributed by atoms with Crippen molar-refractivity contribution in [3.63, 3.8) is 0 Å². The molecule has 1 saturated heterocycles. The highest BCUT2D eigenvalue weighted by atomic mass is 19.3. The van der Waals surface area contributed by atoms with E-state index in [9.17, 15) is 18.4 Å². The highest BCUT2D eigenvalue weighted by Crippen LogP contribution is 2.22. The van der Waals surface area contributed by atoms with E-state index in [1.54, 1.807) is 22.9 Å². The molecule has 5 nitrogen and oxygen atoms in total. The van der Waals surface area contributed by atoms with E-state index in [0.717, 1.165) is 12.8 Å². The number of rotatable bonds is 6.